The van der Waals surface area contributed by atoms with E-state index in [4.69, 9.17) is 0 Å². The van der Waals surface area contributed by atoms with Crippen LogP contribution in [0.4, 0.5) is 14.6 Å². The van der Waals surface area contributed by atoms with Gasteiger partial charge in [-0.2, -0.15) is 5.10 Å². The lowest BCUT2D eigenvalue weighted by Gasteiger charge is -2.35. The Morgan fingerprint density at radius 1 is 1.07 bits per heavy atom. The molecular formula is C19H21BF2N6O. The van der Waals surface area contributed by atoms with Gasteiger partial charge in [-0.15, -0.1) is 5.10 Å². The van der Waals surface area contributed by atoms with Gasteiger partial charge in [0.05, 0.1) is 17.2 Å². The molecular weight excluding hydrogens is 377 g/mol. The maximum Gasteiger partial charge on any atom is 0.376 e. The standard InChI is InChI=1S/C19H21BF2N6O/c1-20(29)27-6-4-26(5-7-27)18-8-12(11-23-25-18)19-24-16-9-14(21)15(22)10-17(16)28(19)13-2-3-13/h8-11,13,29H,2-7H2,1H3. The minimum absolute atomic E-state index is 0.242. The van der Waals surface area contributed by atoms with E-state index in [0.29, 0.717) is 16.9 Å². The van der Waals surface area contributed by atoms with Crippen LogP contribution in [-0.4, -0.2) is 62.8 Å². The fourth-order valence-electron chi connectivity index (χ4n) is 3.95. The Morgan fingerprint density at radius 3 is 2.48 bits per heavy atom. The second-order valence-electron chi connectivity index (χ2n) is 7.75. The number of halogens is 2. The molecule has 3 heterocycles. The third kappa shape index (κ3) is 3.36. The molecule has 5 rings (SSSR count). The molecule has 3 aromatic rings. The minimum Gasteiger partial charge on any atom is -0.437 e. The summed E-state index contributed by atoms with van der Waals surface area (Å²) in [6, 6.07) is 4.55. The smallest absolute Gasteiger partial charge is 0.376 e. The van der Waals surface area contributed by atoms with Gasteiger partial charge < -0.3 is 19.3 Å². The molecule has 1 N–H and O–H groups in total. The SMILES string of the molecule is CB(O)N1CCN(c2cc(-c3nc4cc(F)c(F)cc4n3C3CC3)cnn2)CC1. The van der Waals surface area contributed by atoms with Gasteiger partial charge in [-0.3, -0.25) is 0 Å². The number of benzene rings is 1. The molecule has 10 heteroatoms. The van der Waals surface area contributed by atoms with Crippen LogP contribution in [0.3, 0.4) is 0 Å². The predicted molar refractivity (Wildman–Crippen MR) is 107 cm³/mol. The summed E-state index contributed by atoms with van der Waals surface area (Å²) < 4.78 is 29.6. The van der Waals surface area contributed by atoms with E-state index >= 15 is 0 Å². The van der Waals surface area contributed by atoms with Crippen molar-refractivity contribution in [2.75, 3.05) is 31.1 Å². The van der Waals surface area contributed by atoms with Gasteiger partial charge in [0.1, 0.15) is 5.82 Å². The van der Waals surface area contributed by atoms with Crippen LogP contribution in [0.1, 0.15) is 18.9 Å². The van der Waals surface area contributed by atoms with E-state index in [1.807, 2.05) is 15.4 Å². The third-order valence-corrected chi connectivity index (χ3v) is 5.71. The molecule has 2 aromatic heterocycles. The Bertz CT molecular complexity index is 1060. The summed E-state index contributed by atoms with van der Waals surface area (Å²) in [5.74, 6) is -0.366. The largest absolute Gasteiger partial charge is 0.437 e. The summed E-state index contributed by atoms with van der Waals surface area (Å²) in [7, 11) is -0.464. The molecule has 1 saturated carbocycles. The number of hydrogen-bond acceptors (Lipinski definition) is 6. The lowest BCUT2D eigenvalue weighted by atomic mass is 9.84. The number of piperazine rings is 1. The fourth-order valence-corrected chi connectivity index (χ4v) is 3.95. The van der Waals surface area contributed by atoms with Crippen LogP contribution in [0.5, 0.6) is 0 Å². The van der Waals surface area contributed by atoms with Crippen molar-refractivity contribution in [1.82, 2.24) is 24.6 Å². The van der Waals surface area contributed by atoms with Gasteiger partial charge in [-0.1, -0.05) is 0 Å². The molecule has 0 bridgehead atoms. The van der Waals surface area contributed by atoms with Gasteiger partial charge >= 0.3 is 7.05 Å². The number of aromatic nitrogens is 4. The van der Waals surface area contributed by atoms with Gasteiger partial charge in [0.25, 0.3) is 0 Å². The number of anilines is 1. The average molecular weight is 398 g/mol. The molecule has 0 unspecified atom stereocenters. The maximum absolute atomic E-state index is 13.9. The third-order valence-electron chi connectivity index (χ3n) is 5.71. The van der Waals surface area contributed by atoms with E-state index in [0.717, 1.165) is 56.5 Å². The van der Waals surface area contributed by atoms with Crippen LogP contribution in [-0.2, 0) is 0 Å². The minimum atomic E-state index is -0.894. The second-order valence-corrected chi connectivity index (χ2v) is 7.75. The van der Waals surface area contributed by atoms with Crippen LogP contribution in [0.25, 0.3) is 22.4 Å². The molecule has 0 radical (unpaired) electrons. The van der Waals surface area contributed by atoms with E-state index in [9.17, 15) is 13.8 Å². The first-order valence-corrected chi connectivity index (χ1v) is 9.88. The second kappa shape index (κ2) is 7.03. The van der Waals surface area contributed by atoms with Crippen molar-refractivity contribution < 1.29 is 13.8 Å². The maximum atomic E-state index is 13.9. The monoisotopic (exact) mass is 398 g/mol. The van der Waals surface area contributed by atoms with Crippen LogP contribution >= 0.6 is 0 Å². The molecule has 29 heavy (non-hydrogen) atoms. The van der Waals surface area contributed by atoms with Crippen LogP contribution in [0, 0.1) is 11.6 Å². The zero-order valence-corrected chi connectivity index (χ0v) is 16.1. The van der Waals surface area contributed by atoms with Crippen molar-refractivity contribution >= 4 is 23.9 Å². The summed E-state index contributed by atoms with van der Waals surface area (Å²) in [6.07, 6.45) is 3.62. The summed E-state index contributed by atoms with van der Waals surface area (Å²) in [5.41, 5.74) is 1.82. The van der Waals surface area contributed by atoms with E-state index in [1.165, 1.54) is 6.07 Å². The van der Waals surface area contributed by atoms with Gasteiger partial charge in [-0.05, 0) is 25.7 Å². The lowest BCUT2D eigenvalue weighted by molar-refractivity contribution is 0.343. The van der Waals surface area contributed by atoms with Crippen molar-refractivity contribution in [1.29, 1.82) is 0 Å². The van der Waals surface area contributed by atoms with Gasteiger partial charge in [0.2, 0.25) is 0 Å². The first kappa shape index (κ1) is 18.4. The fraction of sp³-hybridized carbons (Fsp3) is 0.421. The highest BCUT2D eigenvalue weighted by atomic mass is 19.2. The number of imidazole rings is 1. The van der Waals surface area contributed by atoms with E-state index in [-0.39, 0.29) is 6.04 Å². The van der Waals surface area contributed by atoms with Crippen molar-refractivity contribution in [2.24, 2.45) is 0 Å². The molecule has 1 aliphatic carbocycles. The summed E-state index contributed by atoms with van der Waals surface area (Å²) in [4.78, 5) is 8.72. The van der Waals surface area contributed by atoms with Crippen molar-refractivity contribution in [3.63, 3.8) is 0 Å². The number of fused-ring (bicyclic) bond motifs is 1. The Balaban J connectivity index is 1.51. The molecule has 2 aliphatic rings. The van der Waals surface area contributed by atoms with E-state index in [2.05, 4.69) is 20.1 Å². The Morgan fingerprint density at radius 2 is 1.79 bits per heavy atom. The highest BCUT2D eigenvalue weighted by Crippen LogP contribution is 2.41. The summed E-state index contributed by atoms with van der Waals surface area (Å²) in [6.45, 7) is 4.71. The first-order chi connectivity index (χ1) is 14.0. The number of nitrogens with zero attached hydrogens (tertiary/aromatic N) is 6. The van der Waals surface area contributed by atoms with Gasteiger partial charge in [0.15, 0.2) is 17.5 Å². The summed E-state index contributed by atoms with van der Waals surface area (Å²) in [5, 5.41) is 18.2. The molecule has 150 valence electrons. The highest BCUT2D eigenvalue weighted by molar-refractivity contribution is 6.45. The predicted octanol–water partition coefficient (Wildman–Crippen LogP) is 2.34. The van der Waals surface area contributed by atoms with Crippen LogP contribution in [0.15, 0.2) is 24.4 Å². The Labute approximate surface area is 167 Å². The van der Waals surface area contributed by atoms with Crippen molar-refractivity contribution in [3.05, 3.63) is 36.0 Å². The Hall–Kier alpha value is -2.59. The van der Waals surface area contributed by atoms with E-state index < -0.39 is 18.7 Å². The Kier molecular flexibility index (Phi) is 4.47. The van der Waals surface area contributed by atoms with Crippen LogP contribution in [0.2, 0.25) is 6.82 Å². The average Bonchev–Trinajstić information content (AvgIpc) is 3.50. The lowest BCUT2D eigenvalue weighted by Crippen LogP contribution is -2.51. The first-order valence-electron chi connectivity index (χ1n) is 9.88. The molecule has 0 atom stereocenters. The van der Waals surface area contributed by atoms with Crippen molar-refractivity contribution in [3.8, 4) is 11.4 Å². The number of hydrogen-bond donors (Lipinski definition) is 1. The van der Waals surface area contributed by atoms with E-state index in [1.54, 1.807) is 13.0 Å². The molecule has 1 aliphatic heterocycles. The molecule has 2 fully saturated rings. The molecule has 7 nitrogen and oxygen atoms in total. The number of rotatable bonds is 4. The molecule has 0 spiro atoms. The zero-order chi connectivity index (χ0) is 20.1. The highest BCUT2D eigenvalue weighted by Gasteiger charge is 2.30. The zero-order valence-electron chi connectivity index (χ0n) is 16.1. The molecule has 1 aromatic carbocycles. The van der Waals surface area contributed by atoms with Gasteiger partial charge in [0, 0.05) is 49.9 Å². The summed E-state index contributed by atoms with van der Waals surface area (Å²) >= 11 is 0. The quantitative estimate of drug-likeness (QED) is 0.681. The molecule has 0 amide bonds. The topological polar surface area (TPSA) is 70.3 Å². The molecule has 1 saturated heterocycles. The van der Waals surface area contributed by atoms with Crippen LogP contribution < -0.4 is 4.90 Å². The van der Waals surface area contributed by atoms with Gasteiger partial charge in [-0.25, -0.2) is 13.8 Å². The van der Waals surface area contributed by atoms with Crippen molar-refractivity contribution in [2.45, 2.75) is 25.7 Å². The normalized spacial score (nSPS) is 17.9.